The van der Waals surface area contributed by atoms with Crippen molar-refractivity contribution < 1.29 is 31.9 Å². The van der Waals surface area contributed by atoms with Crippen LogP contribution in [-0.4, -0.2) is 50.5 Å². The fourth-order valence-corrected chi connectivity index (χ4v) is 5.52. The molecular formula is C30H29FN4O6S. The molecule has 0 unspecified atom stereocenters. The Balaban J connectivity index is 1.63. The molecule has 0 saturated carbocycles. The molecule has 0 atom stereocenters. The molecule has 12 heteroatoms. The summed E-state index contributed by atoms with van der Waals surface area (Å²) < 4.78 is 52.1. The SMILES string of the molecule is COc1ccc(COc2c3c(c(N(C)S(C)(=O)=O)c4cccnc24)CN(Cc2ccc(F)cc2NC(C)=O)C3=O)cc1. The van der Waals surface area contributed by atoms with Gasteiger partial charge in [-0.25, -0.2) is 12.8 Å². The molecule has 0 aliphatic carbocycles. The van der Waals surface area contributed by atoms with Gasteiger partial charge >= 0.3 is 0 Å². The van der Waals surface area contributed by atoms with Crippen LogP contribution < -0.4 is 19.1 Å². The first kappa shape index (κ1) is 28.8. The van der Waals surface area contributed by atoms with Crippen LogP contribution in [0.1, 0.15) is 34.0 Å². The van der Waals surface area contributed by atoms with Crippen molar-refractivity contribution in [3.63, 3.8) is 0 Å². The van der Waals surface area contributed by atoms with Gasteiger partial charge in [-0.05, 0) is 47.5 Å². The number of carbonyl (C=O) groups is 2. The number of ether oxygens (including phenoxy) is 2. The highest BCUT2D eigenvalue weighted by atomic mass is 32.2. The lowest BCUT2D eigenvalue weighted by molar-refractivity contribution is -0.114. The van der Waals surface area contributed by atoms with E-state index in [1.165, 1.54) is 37.1 Å². The highest BCUT2D eigenvalue weighted by Gasteiger charge is 2.38. The van der Waals surface area contributed by atoms with E-state index in [0.29, 0.717) is 33.5 Å². The zero-order chi connectivity index (χ0) is 30.2. The van der Waals surface area contributed by atoms with E-state index in [0.717, 1.165) is 16.1 Å². The lowest BCUT2D eigenvalue weighted by atomic mass is 10.0. The molecule has 0 saturated heterocycles. The second kappa shape index (κ2) is 11.3. The van der Waals surface area contributed by atoms with Gasteiger partial charge in [0.25, 0.3) is 5.91 Å². The molecule has 218 valence electrons. The van der Waals surface area contributed by atoms with Crippen molar-refractivity contribution in [1.82, 2.24) is 9.88 Å². The summed E-state index contributed by atoms with van der Waals surface area (Å²) in [6, 6.07) is 14.6. The molecule has 42 heavy (non-hydrogen) atoms. The summed E-state index contributed by atoms with van der Waals surface area (Å²) in [4.78, 5) is 31.8. The van der Waals surface area contributed by atoms with Gasteiger partial charge in [-0.15, -0.1) is 0 Å². The Labute approximate surface area is 242 Å². The Hall–Kier alpha value is -4.71. The van der Waals surface area contributed by atoms with Crippen molar-refractivity contribution in [2.45, 2.75) is 26.6 Å². The van der Waals surface area contributed by atoms with Gasteiger partial charge in [0.1, 0.15) is 23.7 Å². The maximum atomic E-state index is 14.1. The first-order chi connectivity index (χ1) is 20.0. The van der Waals surface area contributed by atoms with Gasteiger partial charge < -0.3 is 19.7 Å². The van der Waals surface area contributed by atoms with E-state index >= 15 is 0 Å². The highest BCUT2D eigenvalue weighted by molar-refractivity contribution is 7.92. The predicted molar refractivity (Wildman–Crippen MR) is 157 cm³/mol. The monoisotopic (exact) mass is 592 g/mol. The zero-order valence-electron chi connectivity index (χ0n) is 23.5. The van der Waals surface area contributed by atoms with E-state index in [1.807, 2.05) is 12.1 Å². The quantitative estimate of drug-likeness (QED) is 0.305. The Morgan fingerprint density at radius 3 is 2.57 bits per heavy atom. The summed E-state index contributed by atoms with van der Waals surface area (Å²) in [6.45, 7) is 1.49. The molecule has 0 radical (unpaired) electrons. The standard InChI is InChI=1S/C30H29FN4O6S/c1-18(36)33-25-14-21(31)10-9-20(25)15-35-16-24-26(30(35)37)29(41-17-19-7-11-22(40-3)12-8-19)27-23(6-5-13-32-27)28(24)34(2)42(4,38)39/h5-14H,15-17H2,1-4H3,(H,33,36). The molecule has 2 amide bonds. The number of methoxy groups -OCH3 is 1. The molecule has 5 rings (SSSR count). The van der Waals surface area contributed by atoms with Gasteiger partial charge in [-0.2, -0.15) is 0 Å². The van der Waals surface area contributed by atoms with Gasteiger partial charge in [0.15, 0.2) is 5.75 Å². The van der Waals surface area contributed by atoms with E-state index < -0.39 is 21.7 Å². The average Bonchev–Trinajstić information content (AvgIpc) is 3.26. The number of amides is 2. The fraction of sp³-hybridized carbons (Fsp3) is 0.233. The predicted octanol–water partition coefficient (Wildman–Crippen LogP) is 4.47. The molecule has 1 aliphatic rings. The van der Waals surface area contributed by atoms with Crippen molar-refractivity contribution in [2.75, 3.05) is 30.0 Å². The first-order valence-corrected chi connectivity index (χ1v) is 14.8. The molecular weight excluding hydrogens is 563 g/mol. The van der Waals surface area contributed by atoms with E-state index in [9.17, 15) is 22.4 Å². The molecule has 1 N–H and O–H groups in total. The van der Waals surface area contributed by atoms with Crippen molar-refractivity contribution >= 4 is 44.1 Å². The summed E-state index contributed by atoms with van der Waals surface area (Å²) in [5.74, 6) is -0.423. The Morgan fingerprint density at radius 1 is 1.17 bits per heavy atom. The minimum absolute atomic E-state index is 0.0210. The molecule has 10 nitrogen and oxygen atoms in total. The molecule has 1 aliphatic heterocycles. The lowest BCUT2D eigenvalue weighted by Crippen LogP contribution is -2.27. The number of sulfonamides is 1. The molecule has 0 bridgehead atoms. The normalized spacial score (nSPS) is 12.8. The number of rotatable bonds is 9. The van der Waals surface area contributed by atoms with E-state index in [2.05, 4.69) is 10.3 Å². The van der Waals surface area contributed by atoms with Gasteiger partial charge in [0.05, 0.1) is 24.6 Å². The number of aromatic nitrogens is 1. The van der Waals surface area contributed by atoms with Crippen molar-refractivity contribution in [2.24, 2.45) is 0 Å². The highest BCUT2D eigenvalue weighted by Crippen LogP contribution is 2.45. The van der Waals surface area contributed by atoms with Crippen LogP contribution in [0, 0.1) is 5.82 Å². The summed E-state index contributed by atoms with van der Waals surface area (Å²) in [5, 5.41) is 3.11. The average molecular weight is 593 g/mol. The van der Waals surface area contributed by atoms with E-state index in [4.69, 9.17) is 9.47 Å². The van der Waals surface area contributed by atoms with Gasteiger partial charge in [-0.1, -0.05) is 18.2 Å². The zero-order valence-corrected chi connectivity index (χ0v) is 24.3. The number of hydrogen-bond donors (Lipinski definition) is 1. The van der Waals surface area contributed by atoms with Gasteiger partial charge in [0, 0.05) is 49.9 Å². The molecule has 0 fully saturated rings. The second-order valence-electron chi connectivity index (χ2n) is 9.94. The van der Waals surface area contributed by atoms with Crippen LogP contribution in [0.5, 0.6) is 11.5 Å². The topological polar surface area (TPSA) is 118 Å². The van der Waals surface area contributed by atoms with Crippen LogP contribution in [0.2, 0.25) is 0 Å². The van der Waals surface area contributed by atoms with E-state index in [-0.39, 0.29) is 42.6 Å². The summed E-state index contributed by atoms with van der Waals surface area (Å²) in [5.41, 5.74) is 2.89. The number of fused-ring (bicyclic) bond motifs is 2. The summed E-state index contributed by atoms with van der Waals surface area (Å²) in [6.07, 6.45) is 2.64. The maximum Gasteiger partial charge on any atom is 0.258 e. The summed E-state index contributed by atoms with van der Waals surface area (Å²) in [7, 11) is -0.727. The van der Waals surface area contributed by atoms with Crippen LogP contribution in [0.15, 0.2) is 60.8 Å². The number of anilines is 2. The Kier molecular flexibility index (Phi) is 7.74. The third-order valence-corrected chi connectivity index (χ3v) is 8.22. The smallest absolute Gasteiger partial charge is 0.258 e. The van der Waals surface area contributed by atoms with Gasteiger partial charge in [-0.3, -0.25) is 18.9 Å². The molecule has 0 spiro atoms. The lowest BCUT2D eigenvalue weighted by Gasteiger charge is -2.23. The number of carbonyl (C=O) groups excluding carboxylic acids is 2. The number of pyridine rings is 1. The number of nitrogens with zero attached hydrogens (tertiary/aromatic N) is 3. The Bertz CT molecular complexity index is 1810. The van der Waals surface area contributed by atoms with Crippen LogP contribution in [-0.2, 0) is 34.5 Å². The van der Waals surface area contributed by atoms with Gasteiger partial charge in [0.2, 0.25) is 15.9 Å². The molecule has 4 aromatic rings. The molecule has 1 aromatic heterocycles. The maximum absolute atomic E-state index is 14.1. The minimum Gasteiger partial charge on any atom is -0.497 e. The third-order valence-electron chi connectivity index (χ3n) is 7.04. The van der Waals surface area contributed by atoms with Crippen LogP contribution >= 0.6 is 0 Å². The molecule has 3 aromatic carbocycles. The number of hydrogen-bond acceptors (Lipinski definition) is 7. The second-order valence-corrected chi connectivity index (χ2v) is 12.0. The summed E-state index contributed by atoms with van der Waals surface area (Å²) >= 11 is 0. The van der Waals surface area contributed by atoms with E-state index in [1.54, 1.807) is 37.6 Å². The minimum atomic E-state index is -3.73. The molecule has 2 heterocycles. The largest absolute Gasteiger partial charge is 0.497 e. The van der Waals surface area contributed by atoms with Crippen molar-refractivity contribution in [1.29, 1.82) is 0 Å². The Morgan fingerprint density at radius 2 is 1.90 bits per heavy atom. The van der Waals surface area contributed by atoms with Crippen LogP contribution in [0.3, 0.4) is 0 Å². The number of benzene rings is 3. The van der Waals surface area contributed by atoms with Crippen molar-refractivity contribution in [3.05, 3.63) is 88.9 Å². The fourth-order valence-electron chi connectivity index (χ4n) is 4.98. The third kappa shape index (κ3) is 5.57. The van der Waals surface area contributed by atoms with Crippen LogP contribution in [0.4, 0.5) is 15.8 Å². The first-order valence-electron chi connectivity index (χ1n) is 13.0. The van der Waals surface area contributed by atoms with Crippen LogP contribution in [0.25, 0.3) is 10.9 Å². The number of halogens is 1. The van der Waals surface area contributed by atoms with Crippen molar-refractivity contribution in [3.8, 4) is 11.5 Å². The number of nitrogens with one attached hydrogen (secondary N) is 1.